The van der Waals surface area contributed by atoms with Crippen LogP contribution in [0.15, 0.2) is 64.5 Å². The van der Waals surface area contributed by atoms with Crippen molar-refractivity contribution in [2.75, 3.05) is 7.11 Å². The number of aromatic amines is 1. The highest BCUT2D eigenvalue weighted by Crippen LogP contribution is 2.37. The van der Waals surface area contributed by atoms with Gasteiger partial charge in [0.25, 0.3) is 5.56 Å². The van der Waals surface area contributed by atoms with E-state index in [9.17, 15) is 4.79 Å². The number of ether oxygens (including phenoxy) is 1. The van der Waals surface area contributed by atoms with Crippen molar-refractivity contribution >= 4 is 33.3 Å². The normalized spacial score (nSPS) is 12.2. The van der Waals surface area contributed by atoms with Crippen molar-refractivity contribution < 1.29 is 4.74 Å². The molecule has 0 aliphatic rings. The highest BCUT2D eigenvalue weighted by Gasteiger charge is 2.21. The summed E-state index contributed by atoms with van der Waals surface area (Å²) >= 11 is 3.06. The summed E-state index contributed by atoms with van der Waals surface area (Å²) in [5, 5.41) is 10.3. The molecular formula is C25H23N5O2S2. The van der Waals surface area contributed by atoms with Crippen molar-refractivity contribution in [2.24, 2.45) is 0 Å². The van der Waals surface area contributed by atoms with E-state index in [2.05, 4.69) is 15.2 Å². The summed E-state index contributed by atoms with van der Waals surface area (Å²) in [5.74, 6) is 2.13. The van der Waals surface area contributed by atoms with Gasteiger partial charge in [0, 0.05) is 16.1 Å². The molecular weight excluding hydrogens is 466 g/mol. The Labute approximate surface area is 204 Å². The summed E-state index contributed by atoms with van der Waals surface area (Å²) in [6.45, 7) is 5.99. The average Bonchev–Trinajstić information content (AvgIpc) is 3.40. The molecule has 0 fully saturated rings. The predicted molar refractivity (Wildman–Crippen MR) is 137 cm³/mol. The number of aryl methyl sites for hydroxylation is 2. The molecule has 34 heavy (non-hydrogen) atoms. The SMILES string of the molecule is COc1ccc(-c2nnc(SC(C)c3nc4sc(C)c(C)c4c(=O)[nH]3)n2-c2ccccc2)cc1. The minimum Gasteiger partial charge on any atom is -0.497 e. The molecule has 0 saturated heterocycles. The van der Waals surface area contributed by atoms with Crippen LogP contribution in [-0.4, -0.2) is 31.8 Å². The van der Waals surface area contributed by atoms with Gasteiger partial charge in [-0.25, -0.2) is 4.98 Å². The molecule has 7 nitrogen and oxygen atoms in total. The summed E-state index contributed by atoms with van der Waals surface area (Å²) in [6, 6.07) is 17.7. The molecule has 1 N–H and O–H groups in total. The van der Waals surface area contributed by atoms with Gasteiger partial charge in [0.05, 0.1) is 17.7 Å². The number of fused-ring (bicyclic) bond motifs is 1. The van der Waals surface area contributed by atoms with E-state index in [1.54, 1.807) is 18.4 Å². The Morgan fingerprint density at radius 1 is 1.06 bits per heavy atom. The molecule has 5 aromatic rings. The molecule has 0 bridgehead atoms. The molecule has 172 valence electrons. The standard InChI is InChI=1S/C25H23N5O2S2/c1-14-15(2)33-24-20(14)23(31)26-21(27-24)16(3)34-25-29-28-22(17-10-12-19(32-4)13-11-17)30(25)18-8-6-5-7-9-18/h5-13,16H,1-4H3,(H,26,27,31). The lowest BCUT2D eigenvalue weighted by Crippen LogP contribution is -2.12. The van der Waals surface area contributed by atoms with Crippen LogP contribution in [-0.2, 0) is 0 Å². The highest BCUT2D eigenvalue weighted by molar-refractivity contribution is 7.99. The quantitative estimate of drug-likeness (QED) is 0.308. The van der Waals surface area contributed by atoms with Crippen LogP contribution in [0.3, 0.4) is 0 Å². The van der Waals surface area contributed by atoms with Gasteiger partial charge in [-0.05, 0) is 62.7 Å². The number of methoxy groups -OCH3 is 1. The molecule has 1 unspecified atom stereocenters. The van der Waals surface area contributed by atoms with Crippen molar-refractivity contribution in [3.63, 3.8) is 0 Å². The number of nitrogens with zero attached hydrogens (tertiary/aromatic N) is 4. The molecule has 9 heteroatoms. The van der Waals surface area contributed by atoms with Gasteiger partial charge in [-0.1, -0.05) is 30.0 Å². The lowest BCUT2D eigenvalue weighted by molar-refractivity contribution is 0.415. The molecule has 2 aromatic carbocycles. The second kappa shape index (κ2) is 9.08. The summed E-state index contributed by atoms with van der Waals surface area (Å²) in [5.41, 5.74) is 2.77. The van der Waals surface area contributed by atoms with Crippen LogP contribution in [0, 0.1) is 13.8 Å². The first-order chi connectivity index (χ1) is 16.5. The van der Waals surface area contributed by atoms with Gasteiger partial charge in [0.15, 0.2) is 11.0 Å². The van der Waals surface area contributed by atoms with Gasteiger partial charge in [0.2, 0.25) is 0 Å². The molecule has 1 atom stereocenters. The molecule has 0 aliphatic heterocycles. The molecule has 0 saturated carbocycles. The van der Waals surface area contributed by atoms with Crippen LogP contribution in [0.4, 0.5) is 0 Å². The third kappa shape index (κ3) is 4.01. The summed E-state index contributed by atoms with van der Waals surface area (Å²) < 4.78 is 7.32. The predicted octanol–water partition coefficient (Wildman–Crippen LogP) is 5.71. The van der Waals surface area contributed by atoms with E-state index in [0.29, 0.717) is 16.4 Å². The Balaban J connectivity index is 1.55. The minimum absolute atomic E-state index is 0.0993. The summed E-state index contributed by atoms with van der Waals surface area (Å²) in [4.78, 5) is 22.4. The van der Waals surface area contributed by atoms with Gasteiger partial charge in [-0.15, -0.1) is 21.5 Å². The van der Waals surface area contributed by atoms with E-state index in [1.165, 1.54) is 11.8 Å². The molecule has 0 aliphatic carbocycles. The van der Waals surface area contributed by atoms with Crippen LogP contribution in [0.25, 0.3) is 27.3 Å². The molecule has 3 heterocycles. The maximum absolute atomic E-state index is 12.8. The number of rotatable bonds is 6. The number of benzene rings is 2. The number of aromatic nitrogens is 5. The zero-order chi connectivity index (χ0) is 23.8. The lowest BCUT2D eigenvalue weighted by Gasteiger charge is -2.13. The van der Waals surface area contributed by atoms with E-state index in [4.69, 9.17) is 9.72 Å². The molecule has 3 aromatic heterocycles. The van der Waals surface area contributed by atoms with Crippen molar-refractivity contribution in [1.82, 2.24) is 24.7 Å². The van der Waals surface area contributed by atoms with Crippen molar-refractivity contribution in [1.29, 1.82) is 0 Å². The van der Waals surface area contributed by atoms with Crippen LogP contribution in [0.5, 0.6) is 5.75 Å². The molecule has 0 radical (unpaired) electrons. The fraction of sp³-hybridized carbons (Fsp3) is 0.200. The zero-order valence-electron chi connectivity index (χ0n) is 19.2. The highest BCUT2D eigenvalue weighted by atomic mass is 32.2. The number of thiophene rings is 1. The van der Waals surface area contributed by atoms with Crippen molar-refractivity contribution in [3.05, 3.63) is 81.2 Å². The van der Waals surface area contributed by atoms with Crippen LogP contribution in [0.1, 0.15) is 28.4 Å². The fourth-order valence-electron chi connectivity index (χ4n) is 3.76. The fourth-order valence-corrected chi connectivity index (χ4v) is 5.72. The molecule has 0 spiro atoms. The lowest BCUT2D eigenvalue weighted by atomic mass is 10.2. The maximum atomic E-state index is 12.8. The first kappa shape index (κ1) is 22.4. The topological polar surface area (TPSA) is 85.7 Å². The van der Waals surface area contributed by atoms with Gasteiger partial charge >= 0.3 is 0 Å². The Morgan fingerprint density at radius 2 is 1.79 bits per heavy atom. The van der Waals surface area contributed by atoms with E-state index >= 15 is 0 Å². The van der Waals surface area contributed by atoms with E-state index < -0.39 is 0 Å². The van der Waals surface area contributed by atoms with Crippen molar-refractivity contribution in [2.45, 2.75) is 31.2 Å². The molecule has 0 amide bonds. The third-order valence-corrected chi connectivity index (χ3v) is 7.87. The minimum atomic E-state index is -0.143. The van der Waals surface area contributed by atoms with Gasteiger partial charge in [-0.2, -0.15) is 0 Å². The number of thioether (sulfide) groups is 1. The third-order valence-electron chi connectivity index (χ3n) is 5.72. The Kier molecular flexibility index (Phi) is 5.97. The second-order valence-corrected chi connectivity index (χ2v) is 10.4. The van der Waals surface area contributed by atoms with E-state index in [-0.39, 0.29) is 10.8 Å². The van der Waals surface area contributed by atoms with Gasteiger partial charge in [0.1, 0.15) is 16.4 Å². The van der Waals surface area contributed by atoms with Gasteiger partial charge in [-0.3, -0.25) is 9.36 Å². The van der Waals surface area contributed by atoms with Crippen molar-refractivity contribution in [3.8, 4) is 22.8 Å². The first-order valence-corrected chi connectivity index (χ1v) is 12.5. The molecule has 5 rings (SSSR count). The number of nitrogens with one attached hydrogen (secondary N) is 1. The van der Waals surface area contributed by atoms with Crippen LogP contribution < -0.4 is 10.3 Å². The van der Waals surface area contributed by atoms with Crippen LogP contribution >= 0.6 is 23.1 Å². The second-order valence-electron chi connectivity index (χ2n) is 7.88. The average molecular weight is 490 g/mol. The van der Waals surface area contributed by atoms with E-state index in [1.807, 2.05) is 79.9 Å². The zero-order valence-corrected chi connectivity index (χ0v) is 20.8. The van der Waals surface area contributed by atoms with Crippen LogP contribution in [0.2, 0.25) is 0 Å². The Hall–Kier alpha value is -3.43. The monoisotopic (exact) mass is 489 g/mol. The first-order valence-electron chi connectivity index (χ1n) is 10.8. The number of H-pyrrole nitrogens is 1. The smallest absolute Gasteiger partial charge is 0.259 e. The Bertz CT molecular complexity index is 1520. The van der Waals surface area contributed by atoms with E-state index in [0.717, 1.165) is 38.1 Å². The largest absolute Gasteiger partial charge is 0.497 e. The number of hydrogen-bond donors (Lipinski definition) is 1. The summed E-state index contributed by atoms with van der Waals surface area (Å²) in [6.07, 6.45) is 0. The Morgan fingerprint density at radius 3 is 2.50 bits per heavy atom. The number of para-hydroxylation sites is 1. The maximum Gasteiger partial charge on any atom is 0.259 e. The number of hydrogen-bond acceptors (Lipinski definition) is 7. The summed E-state index contributed by atoms with van der Waals surface area (Å²) in [7, 11) is 1.64. The van der Waals surface area contributed by atoms with Gasteiger partial charge < -0.3 is 9.72 Å².